The third kappa shape index (κ3) is 5.70. The van der Waals surface area contributed by atoms with Crippen LogP contribution in [0.4, 0.5) is 5.95 Å². The summed E-state index contributed by atoms with van der Waals surface area (Å²) in [5.74, 6) is -1.21. The van der Waals surface area contributed by atoms with Gasteiger partial charge in [0, 0.05) is 31.2 Å². The van der Waals surface area contributed by atoms with Gasteiger partial charge in [0.1, 0.15) is 11.9 Å². The van der Waals surface area contributed by atoms with Crippen LogP contribution in [0, 0.1) is 0 Å². The van der Waals surface area contributed by atoms with Gasteiger partial charge in [0.25, 0.3) is 11.5 Å². The topological polar surface area (TPSA) is 163 Å². The molecule has 3 rings (SSSR count). The zero-order valence-electron chi connectivity index (χ0n) is 17.1. The molecule has 0 bridgehead atoms. The summed E-state index contributed by atoms with van der Waals surface area (Å²) in [4.78, 5) is 44.9. The number of amides is 1. The average molecular weight is 427 g/mol. The van der Waals surface area contributed by atoms with Gasteiger partial charge in [-0.05, 0) is 43.0 Å². The maximum absolute atomic E-state index is 12.4. The van der Waals surface area contributed by atoms with E-state index in [2.05, 4.69) is 20.3 Å². The first kappa shape index (κ1) is 22.0. The molecule has 0 unspecified atom stereocenters. The molecule has 31 heavy (non-hydrogen) atoms. The molecule has 6 N–H and O–H groups in total. The number of carboxylic acids is 1. The van der Waals surface area contributed by atoms with Crippen LogP contribution in [0.25, 0.3) is 11.0 Å². The Morgan fingerprint density at radius 3 is 2.68 bits per heavy atom. The number of carbonyl (C=O) groups is 2. The Bertz CT molecular complexity index is 1120. The van der Waals surface area contributed by atoms with Crippen molar-refractivity contribution < 1.29 is 19.4 Å². The molecule has 2 aromatic heterocycles. The Hall–Kier alpha value is -3.66. The van der Waals surface area contributed by atoms with Gasteiger partial charge < -0.3 is 25.9 Å². The third-order valence-electron chi connectivity index (χ3n) is 4.82. The number of carboxylic acid groups (broad SMARTS) is 1. The number of aryl methyl sites for hydroxylation is 2. The van der Waals surface area contributed by atoms with Crippen LogP contribution in [-0.4, -0.2) is 44.8 Å². The van der Waals surface area contributed by atoms with Crippen molar-refractivity contribution in [2.75, 3.05) is 12.3 Å². The maximum atomic E-state index is 12.4. The lowest BCUT2D eigenvalue weighted by Gasteiger charge is -2.18. The molecule has 0 aliphatic rings. The van der Waals surface area contributed by atoms with Crippen LogP contribution >= 0.6 is 0 Å². The van der Waals surface area contributed by atoms with Gasteiger partial charge in [0.2, 0.25) is 5.95 Å². The summed E-state index contributed by atoms with van der Waals surface area (Å²) in [6.07, 6.45) is 2.47. The SMILES string of the molecule is CCO[C@H](CCC(=O)O)NC(=O)c1ccc(CCc2c[nH]c3nc(N)[nH]c(=O)c23)cc1. The number of H-pyrrole nitrogens is 2. The smallest absolute Gasteiger partial charge is 0.303 e. The van der Waals surface area contributed by atoms with Gasteiger partial charge in [-0.1, -0.05) is 12.1 Å². The molecule has 0 aliphatic carbocycles. The Kier molecular flexibility index (Phi) is 7.03. The van der Waals surface area contributed by atoms with Crippen LogP contribution in [0.3, 0.4) is 0 Å². The van der Waals surface area contributed by atoms with E-state index < -0.39 is 12.2 Å². The van der Waals surface area contributed by atoms with Crippen molar-refractivity contribution >= 4 is 28.9 Å². The second kappa shape index (κ2) is 9.90. The number of fused-ring (bicyclic) bond motifs is 1. The van der Waals surface area contributed by atoms with Gasteiger partial charge in [-0.3, -0.25) is 19.4 Å². The number of hydrogen-bond donors (Lipinski definition) is 5. The number of nitrogens with two attached hydrogens (primary N) is 1. The Labute approximate surface area is 177 Å². The summed E-state index contributed by atoms with van der Waals surface area (Å²) in [6.45, 7) is 2.14. The van der Waals surface area contributed by atoms with Crippen LogP contribution in [0.15, 0.2) is 35.3 Å². The lowest BCUT2D eigenvalue weighted by molar-refractivity contribution is -0.138. The number of carbonyl (C=O) groups excluding carboxylic acids is 1. The number of aromatic amines is 2. The van der Waals surface area contributed by atoms with Crippen LogP contribution in [0.1, 0.15) is 41.3 Å². The Morgan fingerprint density at radius 1 is 1.26 bits per heavy atom. The summed E-state index contributed by atoms with van der Waals surface area (Å²) in [7, 11) is 0. The van der Waals surface area contributed by atoms with Crippen LogP contribution in [-0.2, 0) is 22.4 Å². The van der Waals surface area contributed by atoms with Crippen LogP contribution < -0.4 is 16.6 Å². The number of benzene rings is 1. The molecule has 3 aromatic rings. The van der Waals surface area contributed by atoms with Crippen molar-refractivity contribution in [1.29, 1.82) is 0 Å². The fourth-order valence-corrected chi connectivity index (χ4v) is 3.30. The quantitative estimate of drug-likeness (QED) is 0.307. The van der Waals surface area contributed by atoms with Crippen molar-refractivity contribution in [3.63, 3.8) is 0 Å². The summed E-state index contributed by atoms with van der Waals surface area (Å²) < 4.78 is 5.40. The van der Waals surface area contributed by atoms with Crippen molar-refractivity contribution in [3.8, 4) is 0 Å². The first-order valence-electron chi connectivity index (χ1n) is 9.96. The monoisotopic (exact) mass is 427 g/mol. The normalized spacial score (nSPS) is 12.0. The zero-order chi connectivity index (χ0) is 22.4. The van der Waals surface area contributed by atoms with E-state index >= 15 is 0 Å². The first-order valence-corrected chi connectivity index (χ1v) is 9.96. The maximum Gasteiger partial charge on any atom is 0.303 e. The van der Waals surface area contributed by atoms with E-state index in [1.54, 1.807) is 25.3 Å². The molecule has 0 spiro atoms. The molecule has 0 radical (unpaired) electrons. The number of nitrogens with one attached hydrogen (secondary N) is 3. The Balaban J connectivity index is 1.61. The standard InChI is InChI=1S/C21H25N5O5/c1-2-31-15(9-10-16(27)28)24-19(29)13-6-3-12(4-7-13)5-8-14-11-23-18-17(14)20(30)26-21(22)25-18/h3-4,6-7,11,15H,2,5,8-10H2,1H3,(H,24,29)(H,27,28)(H4,22,23,25,26,30)/t15-/m1/s1. The van der Waals surface area contributed by atoms with Crippen LogP contribution in [0.2, 0.25) is 0 Å². The van der Waals surface area contributed by atoms with Gasteiger partial charge in [-0.2, -0.15) is 4.98 Å². The summed E-state index contributed by atoms with van der Waals surface area (Å²) >= 11 is 0. The first-order chi connectivity index (χ1) is 14.9. The van der Waals surface area contributed by atoms with E-state index in [1.807, 2.05) is 12.1 Å². The second-order valence-corrected chi connectivity index (χ2v) is 7.04. The highest BCUT2D eigenvalue weighted by Crippen LogP contribution is 2.16. The van der Waals surface area contributed by atoms with Gasteiger partial charge in [0.15, 0.2) is 0 Å². The molecule has 1 aromatic carbocycles. The molecule has 1 atom stereocenters. The lowest BCUT2D eigenvalue weighted by atomic mass is 10.0. The number of aliphatic carboxylic acids is 1. The summed E-state index contributed by atoms with van der Waals surface area (Å²) in [5, 5.41) is 12.0. The highest BCUT2D eigenvalue weighted by atomic mass is 16.5. The highest BCUT2D eigenvalue weighted by molar-refractivity contribution is 5.94. The van der Waals surface area contributed by atoms with Crippen molar-refractivity contribution in [2.45, 2.75) is 38.8 Å². The van der Waals surface area contributed by atoms with E-state index in [1.165, 1.54) is 0 Å². The van der Waals surface area contributed by atoms with Gasteiger partial charge in [0.05, 0.1) is 5.39 Å². The molecule has 1 amide bonds. The van der Waals surface area contributed by atoms with E-state index in [0.717, 1.165) is 11.1 Å². The minimum absolute atomic E-state index is 0.0642. The highest BCUT2D eigenvalue weighted by Gasteiger charge is 2.15. The van der Waals surface area contributed by atoms with E-state index in [9.17, 15) is 14.4 Å². The molecule has 10 heteroatoms. The van der Waals surface area contributed by atoms with Crippen molar-refractivity contribution in [1.82, 2.24) is 20.3 Å². The predicted octanol–water partition coefficient (Wildman–Crippen LogP) is 1.58. The number of anilines is 1. The van der Waals surface area contributed by atoms with Crippen molar-refractivity contribution in [2.24, 2.45) is 0 Å². The molecule has 0 saturated heterocycles. The lowest BCUT2D eigenvalue weighted by Crippen LogP contribution is -2.37. The molecular weight excluding hydrogens is 402 g/mol. The summed E-state index contributed by atoms with van der Waals surface area (Å²) in [6, 6.07) is 7.10. The minimum atomic E-state index is -0.945. The molecule has 0 fully saturated rings. The number of hydrogen-bond acceptors (Lipinski definition) is 6. The number of rotatable bonds is 10. The molecule has 0 aliphatic heterocycles. The minimum Gasteiger partial charge on any atom is -0.481 e. The van der Waals surface area contributed by atoms with Crippen molar-refractivity contribution in [3.05, 3.63) is 57.5 Å². The van der Waals surface area contributed by atoms with Gasteiger partial charge in [-0.15, -0.1) is 0 Å². The largest absolute Gasteiger partial charge is 0.481 e. The molecule has 164 valence electrons. The fourth-order valence-electron chi connectivity index (χ4n) is 3.30. The predicted molar refractivity (Wildman–Crippen MR) is 115 cm³/mol. The Morgan fingerprint density at radius 2 is 2.00 bits per heavy atom. The second-order valence-electron chi connectivity index (χ2n) is 7.04. The van der Waals surface area contributed by atoms with E-state index in [4.69, 9.17) is 15.6 Å². The number of ether oxygens (including phenoxy) is 1. The average Bonchev–Trinajstić information content (AvgIpc) is 3.14. The molecule has 0 saturated carbocycles. The third-order valence-corrected chi connectivity index (χ3v) is 4.82. The fraction of sp³-hybridized carbons (Fsp3) is 0.333. The molecule has 10 nitrogen and oxygen atoms in total. The van der Waals surface area contributed by atoms with Gasteiger partial charge >= 0.3 is 5.97 Å². The van der Waals surface area contributed by atoms with E-state index in [-0.39, 0.29) is 30.3 Å². The van der Waals surface area contributed by atoms with Crippen LogP contribution in [0.5, 0.6) is 0 Å². The number of aromatic nitrogens is 3. The van der Waals surface area contributed by atoms with Gasteiger partial charge in [-0.25, -0.2) is 0 Å². The summed E-state index contributed by atoms with van der Waals surface area (Å²) in [5.41, 5.74) is 8.02. The zero-order valence-corrected chi connectivity index (χ0v) is 17.1. The van der Waals surface area contributed by atoms with E-state index in [0.29, 0.717) is 36.0 Å². The number of nitrogen functional groups attached to an aromatic ring is 1. The molecule has 2 heterocycles. The molecular formula is C21H25N5O5. The number of nitrogens with zero attached hydrogens (tertiary/aromatic N) is 1.